The molecule has 0 aliphatic carbocycles. The van der Waals surface area contributed by atoms with Gasteiger partial charge in [0, 0.05) is 31.2 Å². The Morgan fingerprint density at radius 3 is 2.69 bits per heavy atom. The van der Waals surface area contributed by atoms with Crippen molar-refractivity contribution in [3.8, 4) is 0 Å². The molecule has 0 saturated carbocycles. The van der Waals surface area contributed by atoms with Crippen molar-refractivity contribution in [3.05, 3.63) is 11.1 Å². The maximum atomic E-state index is 5.66. The monoisotopic (exact) mass is 202 g/mol. The maximum absolute atomic E-state index is 5.66. The highest BCUT2D eigenvalue weighted by atomic mass is 35.5. The Labute approximate surface area is 85.9 Å². The van der Waals surface area contributed by atoms with Gasteiger partial charge in [-0.25, -0.2) is 0 Å². The fourth-order valence-corrected chi connectivity index (χ4v) is 1.63. The van der Waals surface area contributed by atoms with E-state index in [-0.39, 0.29) is 0 Å². The van der Waals surface area contributed by atoms with Crippen LogP contribution in [0.1, 0.15) is 20.3 Å². The second-order valence-electron chi connectivity index (χ2n) is 3.74. The van der Waals surface area contributed by atoms with Crippen molar-refractivity contribution in [2.24, 2.45) is 0 Å². The number of rotatable bonds is 5. The number of halogens is 1. The van der Waals surface area contributed by atoms with E-state index in [9.17, 15) is 0 Å². The van der Waals surface area contributed by atoms with Crippen LogP contribution in [0.25, 0.3) is 0 Å². The van der Waals surface area contributed by atoms with Gasteiger partial charge in [-0.15, -0.1) is 0 Å². The van der Waals surface area contributed by atoms with E-state index in [4.69, 9.17) is 11.6 Å². The summed E-state index contributed by atoms with van der Waals surface area (Å²) in [5.41, 5.74) is 2.94. The minimum atomic E-state index is 0.728. The standard InChI is InChI=1S/C10H19ClN2/c1-3-4-13(8-9(2)5-11)10-6-12-7-10/h5,10,12H,3-4,6-8H2,1-2H3. The molecule has 1 N–H and O–H groups in total. The first-order chi connectivity index (χ1) is 6.27. The Morgan fingerprint density at radius 2 is 2.31 bits per heavy atom. The lowest BCUT2D eigenvalue weighted by atomic mass is 10.1. The van der Waals surface area contributed by atoms with Crippen molar-refractivity contribution in [1.29, 1.82) is 0 Å². The molecule has 3 heteroatoms. The predicted octanol–water partition coefficient (Wildman–Crippen LogP) is 1.81. The van der Waals surface area contributed by atoms with Crippen molar-refractivity contribution >= 4 is 11.6 Å². The van der Waals surface area contributed by atoms with Crippen LogP contribution in [0.5, 0.6) is 0 Å². The third-order valence-electron chi connectivity index (χ3n) is 2.43. The van der Waals surface area contributed by atoms with Crippen molar-refractivity contribution in [2.75, 3.05) is 26.2 Å². The smallest absolute Gasteiger partial charge is 0.0348 e. The summed E-state index contributed by atoms with van der Waals surface area (Å²) in [6.07, 6.45) is 1.21. The summed E-state index contributed by atoms with van der Waals surface area (Å²) < 4.78 is 0. The van der Waals surface area contributed by atoms with Gasteiger partial charge < -0.3 is 5.32 Å². The first-order valence-corrected chi connectivity index (χ1v) is 5.42. The molecule has 0 aromatic heterocycles. The van der Waals surface area contributed by atoms with Crippen molar-refractivity contribution in [2.45, 2.75) is 26.3 Å². The molecule has 1 fully saturated rings. The van der Waals surface area contributed by atoms with Gasteiger partial charge >= 0.3 is 0 Å². The number of hydrogen-bond donors (Lipinski definition) is 1. The molecule has 1 rings (SSSR count). The van der Waals surface area contributed by atoms with Crippen LogP contribution in [0.15, 0.2) is 11.1 Å². The Balaban J connectivity index is 2.36. The summed E-state index contributed by atoms with van der Waals surface area (Å²) in [4.78, 5) is 2.50. The summed E-state index contributed by atoms with van der Waals surface area (Å²) in [5.74, 6) is 0. The van der Waals surface area contributed by atoms with E-state index in [1.807, 2.05) is 0 Å². The highest BCUT2D eigenvalue weighted by Gasteiger charge is 2.23. The van der Waals surface area contributed by atoms with E-state index < -0.39 is 0 Å². The molecular formula is C10H19ClN2. The summed E-state index contributed by atoms with van der Waals surface area (Å²) in [5, 5.41) is 3.30. The molecule has 0 spiro atoms. The molecule has 1 aliphatic rings. The molecule has 0 aromatic carbocycles. The highest BCUT2D eigenvalue weighted by Crippen LogP contribution is 2.09. The number of nitrogens with zero attached hydrogens (tertiary/aromatic N) is 1. The molecule has 1 heterocycles. The van der Waals surface area contributed by atoms with Gasteiger partial charge in [-0.1, -0.05) is 18.5 Å². The van der Waals surface area contributed by atoms with Gasteiger partial charge in [-0.2, -0.15) is 0 Å². The third-order valence-corrected chi connectivity index (χ3v) is 2.80. The SMILES string of the molecule is CCCN(CC(C)=CCl)C1CNC1. The van der Waals surface area contributed by atoms with Gasteiger partial charge in [0.25, 0.3) is 0 Å². The van der Waals surface area contributed by atoms with Crippen LogP contribution in [0, 0.1) is 0 Å². The molecule has 0 bridgehead atoms. The average Bonchev–Trinajstić information content (AvgIpc) is 2.01. The molecule has 0 aromatic rings. The van der Waals surface area contributed by atoms with Crippen LogP contribution < -0.4 is 5.32 Å². The predicted molar refractivity (Wildman–Crippen MR) is 58.1 cm³/mol. The van der Waals surface area contributed by atoms with Crippen molar-refractivity contribution in [3.63, 3.8) is 0 Å². The largest absolute Gasteiger partial charge is 0.314 e. The summed E-state index contributed by atoms with van der Waals surface area (Å²) in [6.45, 7) is 8.77. The molecule has 1 aliphatic heterocycles. The fourth-order valence-electron chi connectivity index (χ4n) is 1.56. The number of nitrogens with one attached hydrogen (secondary N) is 1. The van der Waals surface area contributed by atoms with Crippen LogP contribution in [0.2, 0.25) is 0 Å². The van der Waals surface area contributed by atoms with Gasteiger partial charge in [0.2, 0.25) is 0 Å². The second kappa shape index (κ2) is 5.63. The van der Waals surface area contributed by atoms with E-state index in [0.717, 1.165) is 25.7 Å². The third kappa shape index (κ3) is 3.29. The number of hydrogen-bond acceptors (Lipinski definition) is 2. The summed E-state index contributed by atoms with van der Waals surface area (Å²) in [6, 6.07) is 0.728. The maximum Gasteiger partial charge on any atom is 0.0348 e. The molecule has 0 unspecified atom stereocenters. The molecule has 1 saturated heterocycles. The van der Waals surface area contributed by atoms with Gasteiger partial charge in [0.05, 0.1) is 0 Å². The second-order valence-corrected chi connectivity index (χ2v) is 3.96. The van der Waals surface area contributed by atoms with Crippen LogP contribution in [0.3, 0.4) is 0 Å². The average molecular weight is 203 g/mol. The van der Waals surface area contributed by atoms with E-state index in [2.05, 4.69) is 24.1 Å². The van der Waals surface area contributed by atoms with E-state index >= 15 is 0 Å². The molecule has 0 atom stereocenters. The van der Waals surface area contributed by atoms with E-state index in [1.165, 1.54) is 18.5 Å². The first kappa shape index (κ1) is 11.0. The lowest BCUT2D eigenvalue weighted by molar-refractivity contribution is 0.158. The Hall–Kier alpha value is -0.0500. The highest BCUT2D eigenvalue weighted by molar-refractivity contribution is 6.25. The molecule has 0 amide bonds. The molecule has 76 valence electrons. The minimum absolute atomic E-state index is 0.728. The summed E-state index contributed by atoms with van der Waals surface area (Å²) in [7, 11) is 0. The van der Waals surface area contributed by atoms with Crippen LogP contribution in [0.4, 0.5) is 0 Å². The van der Waals surface area contributed by atoms with Crippen LogP contribution in [-0.4, -0.2) is 37.1 Å². The van der Waals surface area contributed by atoms with Crippen LogP contribution >= 0.6 is 11.6 Å². The molecule has 13 heavy (non-hydrogen) atoms. The zero-order valence-electron chi connectivity index (χ0n) is 8.52. The molecule has 0 radical (unpaired) electrons. The van der Waals surface area contributed by atoms with E-state index in [1.54, 1.807) is 5.54 Å². The normalized spacial score (nSPS) is 19.2. The first-order valence-electron chi connectivity index (χ1n) is 4.98. The fraction of sp³-hybridized carbons (Fsp3) is 0.800. The van der Waals surface area contributed by atoms with Gasteiger partial charge in [0.1, 0.15) is 0 Å². The minimum Gasteiger partial charge on any atom is -0.314 e. The lowest BCUT2D eigenvalue weighted by Gasteiger charge is -2.38. The molecule has 2 nitrogen and oxygen atoms in total. The van der Waals surface area contributed by atoms with Gasteiger partial charge in [-0.3, -0.25) is 4.90 Å². The summed E-state index contributed by atoms with van der Waals surface area (Å²) >= 11 is 5.66. The van der Waals surface area contributed by atoms with Crippen molar-refractivity contribution in [1.82, 2.24) is 10.2 Å². The van der Waals surface area contributed by atoms with Gasteiger partial charge in [0.15, 0.2) is 0 Å². The van der Waals surface area contributed by atoms with E-state index in [0.29, 0.717) is 0 Å². The van der Waals surface area contributed by atoms with Gasteiger partial charge in [-0.05, 0) is 25.5 Å². The Morgan fingerprint density at radius 1 is 1.62 bits per heavy atom. The lowest BCUT2D eigenvalue weighted by Crippen LogP contribution is -2.57. The zero-order chi connectivity index (χ0) is 9.68. The zero-order valence-corrected chi connectivity index (χ0v) is 9.27. The van der Waals surface area contributed by atoms with Crippen LogP contribution in [-0.2, 0) is 0 Å². The Bertz CT molecular complexity index is 176. The topological polar surface area (TPSA) is 15.3 Å². The molecular weight excluding hydrogens is 184 g/mol. The Kier molecular flexibility index (Phi) is 4.78. The quantitative estimate of drug-likeness (QED) is 0.732. The van der Waals surface area contributed by atoms with Crippen molar-refractivity contribution < 1.29 is 0 Å².